The maximum absolute atomic E-state index is 5.14. The van der Waals surface area contributed by atoms with Crippen LogP contribution < -0.4 is 10.1 Å². The molecule has 0 aliphatic heterocycles. The number of methoxy groups -OCH3 is 1. The van der Waals surface area contributed by atoms with Gasteiger partial charge in [-0.2, -0.15) is 0 Å². The first-order chi connectivity index (χ1) is 7.28. The molecule has 1 N–H and O–H groups in total. The first-order valence-electron chi connectivity index (χ1n) is 5.26. The molecule has 1 saturated carbocycles. The second kappa shape index (κ2) is 4.45. The molecule has 0 atom stereocenters. The highest BCUT2D eigenvalue weighted by Gasteiger charge is 2.42. The molecule has 82 valence electrons. The molecule has 0 saturated heterocycles. The SMILES string of the molecule is CNCC1(Sc2ccc(OC)cc2)CC1. The largest absolute Gasteiger partial charge is 0.497 e. The maximum Gasteiger partial charge on any atom is 0.118 e. The van der Waals surface area contributed by atoms with Crippen LogP contribution >= 0.6 is 11.8 Å². The molecule has 0 spiro atoms. The molecule has 1 aliphatic rings. The van der Waals surface area contributed by atoms with Crippen molar-refractivity contribution >= 4 is 11.8 Å². The first-order valence-corrected chi connectivity index (χ1v) is 6.07. The van der Waals surface area contributed by atoms with Crippen molar-refractivity contribution in [2.45, 2.75) is 22.5 Å². The molecular weight excluding hydrogens is 206 g/mol. The number of hydrogen-bond donors (Lipinski definition) is 1. The fraction of sp³-hybridized carbons (Fsp3) is 0.500. The Balaban J connectivity index is 1.98. The van der Waals surface area contributed by atoms with Crippen molar-refractivity contribution in [3.8, 4) is 5.75 Å². The van der Waals surface area contributed by atoms with Crippen LogP contribution in [0.4, 0.5) is 0 Å². The summed E-state index contributed by atoms with van der Waals surface area (Å²) < 4.78 is 5.60. The van der Waals surface area contributed by atoms with E-state index < -0.39 is 0 Å². The third kappa shape index (κ3) is 2.67. The third-order valence-corrected chi connectivity index (χ3v) is 4.19. The normalized spacial score (nSPS) is 17.5. The van der Waals surface area contributed by atoms with E-state index >= 15 is 0 Å². The number of benzene rings is 1. The highest BCUT2D eigenvalue weighted by molar-refractivity contribution is 8.01. The Morgan fingerprint density at radius 2 is 2.00 bits per heavy atom. The summed E-state index contributed by atoms with van der Waals surface area (Å²) in [7, 11) is 3.72. The van der Waals surface area contributed by atoms with Crippen LogP contribution in [0.25, 0.3) is 0 Å². The van der Waals surface area contributed by atoms with Crippen LogP contribution in [0.3, 0.4) is 0 Å². The van der Waals surface area contributed by atoms with Crippen molar-refractivity contribution < 1.29 is 4.74 Å². The van der Waals surface area contributed by atoms with Gasteiger partial charge in [0.15, 0.2) is 0 Å². The smallest absolute Gasteiger partial charge is 0.118 e. The Hall–Kier alpha value is -0.670. The van der Waals surface area contributed by atoms with Crippen molar-refractivity contribution in [1.29, 1.82) is 0 Å². The van der Waals surface area contributed by atoms with Gasteiger partial charge in [0.1, 0.15) is 5.75 Å². The summed E-state index contributed by atoms with van der Waals surface area (Å²) in [5, 5.41) is 3.27. The molecule has 0 amide bonds. The second-order valence-electron chi connectivity index (χ2n) is 3.99. The molecule has 3 heteroatoms. The molecule has 0 unspecified atom stereocenters. The molecule has 0 heterocycles. The average Bonchev–Trinajstić information content (AvgIpc) is 3.00. The summed E-state index contributed by atoms with van der Waals surface area (Å²) >= 11 is 1.98. The van der Waals surface area contributed by atoms with Gasteiger partial charge in [0.25, 0.3) is 0 Å². The van der Waals surface area contributed by atoms with Crippen molar-refractivity contribution in [3.05, 3.63) is 24.3 Å². The summed E-state index contributed by atoms with van der Waals surface area (Å²) in [5.41, 5.74) is 0. The van der Waals surface area contributed by atoms with Crippen LogP contribution in [0.5, 0.6) is 5.75 Å². The van der Waals surface area contributed by atoms with Gasteiger partial charge in [0.2, 0.25) is 0 Å². The Labute approximate surface area is 95.4 Å². The third-order valence-electron chi connectivity index (χ3n) is 2.70. The predicted molar refractivity (Wildman–Crippen MR) is 64.7 cm³/mol. The van der Waals surface area contributed by atoms with Gasteiger partial charge in [0, 0.05) is 16.2 Å². The lowest BCUT2D eigenvalue weighted by Crippen LogP contribution is -2.22. The highest BCUT2D eigenvalue weighted by atomic mass is 32.2. The molecule has 2 rings (SSSR count). The lowest BCUT2D eigenvalue weighted by atomic mass is 10.3. The molecular formula is C12H17NOS. The lowest BCUT2D eigenvalue weighted by molar-refractivity contribution is 0.414. The van der Waals surface area contributed by atoms with Gasteiger partial charge < -0.3 is 10.1 Å². The van der Waals surface area contributed by atoms with Gasteiger partial charge in [-0.05, 0) is 44.2 Å². The summed E-state index contributed by atoms with van der Waals surface area (Å²) in [6.07, 6.45) is 2.65. The number of nitrogens with one attached hydrogen (secondary N) is 1. The van der Waals surface area contributed by atoms with Crippen LogP contribution in [0.2, 0.25) is 0 Å². The van der Waals surface area contributed by atoms with Crippen molar-refractivity contribution in [3.63, 3.8) is 0 Å². The molecule has 0 radical (unpaired) electrons. The van der Waals surface area contributed by atoms with E-state index in [1.165, 1.54) is 17.7 Å². The van der Waals surface area contributed by atoms with Crippen LogP contribution in [-0.2, 0) is 0 Å². The number of hydrogen-bond acceptors (Lipinski definition) is 3. The van der Waals surface area contributed by atoms with Gasteiger partial charge in [-0.3, -0.25) is 0 Å². The molecule has 1 aliphatic carbocycles. The zero-order valence-electron chi connectivity index (χ0n) is 9.25. The zero-order valence-corrected chi connectivity index (χ0v) is 10.1. The van der Waals surface area contributed by atoms with Crippen molar-refractivity contribution in [2.24, 2.45) is 0 Å². The fourth-order valence-corrected chi connectivity index (χ4v) is 2.97. The maximum atomic E-state index is 5.14. The van der Waals surface area contributed by atoms with Crippen LogP contribution in [0.15, 0.2) is 29.2 Å². The van der Waals surface area contributed by atoms with E-state index in [9.17, 15) is 0 Å². The Morgan fingerprint density at radius 1 is 1.33 bits per heavy atom. The summed E-state index contributed by atoms with van der Waals surface area (Å²) in [6.45, 7) is 1.10. The number of rotatable bonds is 5. The summed E-state index contributed by atoms with van der Waals surface area (Å²) in [6, 6.07) is 8.33. The van der Waals surface area contributed by atoms with E-state index in [-0.39, 0.29) is 0 Å². The molecule has 15 heavy (non-hydrogen) atoms. The quantitative estimate of drug-likeness (QED) is 0.829. The van der Waals surface area contributed by atoms with Crippen LogP contribution in [0, 0.1) is 0 Å². The lowest BCUT2D eigenvalue weighted by Gasteiger charge is -2.14. The Bertz CT molecular complexity index is 319. The molecule has 1 aromatic rings. The van der Waals surface area contributed by atoms with E-state index in [4.69, 9.17) is 4.74 Å². The fourth-order valence-electron chi connectivity index (χ4n) is 1.67. The minimum absolute atomic E-state index is 0.462. The topological polar surface area (TPSA) is 21.3 Å². The van der Waals surface area contributed by atoms with E-state index in [0.717, 1.165) is 12.3 Å². The molecule has 1 aromatic carbocycles. The molecule has 0 bridgehead atoms. The second-order valence-corrected chi connectivity index (χ2v) is 5.53. The highest BCUT2D eigenvalue weighted by Crippen LogP contribution is 2.51. The minimum Gasteiger partial charge on any atom is -0.497 e. The van der Waals surface area contributed by atoms with Gasteiger partial charge in [-0.1, -0.05) is 0 Å². The van der Waals surface area contributed by atoms with Gasteiger partial charge in [-0.25, -0.2) is 0 Å². The Kier molecular flexibility index (Phi) is 3.22. The minimum atomic E-state index is 0.462. The predicted octanol–water partition coefficient (Wildman–Crippen LogP) is 2.54. The van der Waals surface area contributed by atoms with Crippen LogP contribution in [-0.4, -0.2) is 25.4 Å². The summed E-state index contributed by atoms with van der Waals surface area (Å²) in [5.74, 6) is 0.929. The monoisotopic (exact) mass is 223 g/mol. The molecule has 0 aromatic heterocycles. The van der Waals surface area contributed by atoms with E-state index in [2.05, 4.69) is 17.4 Å². The Morgan fingerprint density at radius 3 is 2.47 bits per heavy atom. The van der Waals surface area contributed by atoms with E-state index in [0.29, 0.717) is 4.75 Å². The van der Waals surface area contributed by atoms with E-state index in [1.54, 1.807) is 7.11 Å². The molecule has 1 fully saturated rings. The molecule has 2 nitrogen and oxygen atoms in total. The van der Waals surface area contributed by atoms with Crippen LogP contribution in [0.1, 0.15) is 12.8 Å². The standard InChI is InChI=1S/C12H17NOS/c1-13-9-12(7-8-12)15-11-5-3-10(14-2)4-6-11/h3-6,13H,7-9H2,1-2H3. The zero-order chi connectivity index (χ0) is 10.7. The van der Waals surface area contributed by atoms with Gasteiger partial charge in [0.05, 0.1) is 7.11 Å². The van der Waals surface area contributed by atoms with E-state index in [1.807, 2.05) is 30.9 Å². The van der Waals surface area contributed by atoms with Crippen molar-refractivity contribution in [2.75, 3.05) is 20.7 Å². The number of ether oxygens (including phenoxy) is 1. The summed E-state index contributed by atoms with van der Waals surface area (Å²) in [4.78, 5) is 1.34. The average molecular weight is 223 g/mol. The first kappa shape index (κ1) is 10.8. The van der Waals surface area contributed by atoms with Gasteiger partial charge in [-0.15, -0.1) is 11.8 Å². The number of thioether (sulfide) groups is 1. The van der Waals surface area contributed by atoms with Gasteiger partial charge >= 0.3 is 0 Å². The van der Waals surface area contributed by atoms with Crippen molar-refractivity contribution in [1.82, 2.24) is 5.32 Å².